The van der Waals surface area contributed by atoms with Gasteiger partial charge in [0, 0.05) is 23.3 Å². The van der Waals surface area contributed by atoms with Crippen molar-refractivity contribution < 1.29 is 0 Å². The summed E-state index contributed by atoms with van der Waals surface area (Å²) in [5, 5.41) is 6.06. The van der Waals surface area contributed by atoms with Crippen LogP contribution < -0.4 is 5.01 Å². The van der Waals surface area contributed by atoms with Gasteiger partial charge in [-0.2, -0.15) is 5.10 Å². The highest BCUT2D eigenvalue weighted by Gasteiger charge is 2.11. The number of anilines is 1. The average Bonchev–Trinajstić information content (AvgIpc) is 2.28. The minimum Gasteiger partial charge on any atom is -0.216 e. The summed E-state index contributed by atoms with van der Waals surface area (Å²) in [6.07, 6.45) is 3.53. The molecular weight excluding hydrogens is 212 g/mol. The van der Waals surface area contributed by atoms with Crippen LogP contribution >= 0.6 is 0 Å². The van der Waals surface area contributed by atoms with Crippen LogP contribution in [-0.2, 0) is 0 Å². The zero-order chi connectivity index (χ0) is 12.8. The molecule has 0 atom stereocenters. The van der Waals surface area contributed by atoms with E-state index in [9.17, 15) is 0 Å². The van der Waals surface area contributed by atoms with Crippen LogP contribution in [0.25, 0.3) is 0 Å². The van der Waals surface area contributed by atoms with Crippen molar-refractivity contribution in [3.8, 4) is 0 Å². The van der Waals surface area contributed by atoms with Gasteiger partial charge in [0.2, 0.25) is 0 Å². The highest BCUT2D eigenvalue weighted by molar-refractivity contribution is 5.59. The number of hydrogen-bond donors (Lipinski definition) is 0. The first-order valence-corrected chi connectivity index (χ1v) is 5.91. The third kappa shape index (κ3) is 3.66. The van der Waals surface area contributed by atoms with Crippen molar-refractivity contribution in [3.05, 3.63) is 29.7 Å². The predicted octanol–water partition coefficient (Wildman–Crippen LogP) is 3.22. The maximum absolute atomic E-state index is 4.40. The minimum absolute atomic E-state index is 0.596. The summed E-state index contributed by atoms with van der Waals surface area (Å²) in [4.78, 5) is 8.79. The minimum atomic E-state index is 0.596. The number of nitrogens with zero attached hydrogens (tertiary/aromatic N) is 4. The van der Waals surface area contributed by atoms with Crippen LogP contribution in [0.15, 0.2) is 23.4 Å². The second-order valence-corrected chi connectivity index (χ2v) is 3.89. The number of aryl methyl sites for hydroxylation is 2. The fraction of sp³-hybridized carbons (Fsp3) is 0.462. The van der Waals surface area contributed by atoms with E-state index < -0.39 is 0 Å². The topological polar surface area (TPSA) is 41.4 Å². The van der Waals surface area contributed by atoms with Gasteiger partial charge in [0.15, 0.2) is 0 Å². The molecule has 0 saturated heterocycles. The second-order valence-electron chi connectivity index (χ2n) is 3.89. The fourth-order valence-corrected chi connectivity index (χ4v) is 1.39. The number of rotatable bonds is 5. The van der Waals surface area contributed by atoms with Gasteiger partial charge < -0.3 is 0 Å². The summed E-state index contributed by atoms with van der Waals surface area (Å²) >= 11 is 0. The molecule has 17 heavy (non-hydrogen) atoms. The van der Waals surface area contributed by atoms with E-state index in [1.165, 1.54) is 0 Å². The number of hydrogen-bond acceptors (Lipinski definition) is 4. The van der Waals surface area contributed by atoms with E-state index >= 15 is 0 Å². The molecule has 0 spiro atoms. The van der Waals surface area contributed by atoms with Gasteiger partial charge in [0.25, 0.3) is 5.95 Å². The molecule has 0 aliphatic rings. The van der Waals surface area contributed by atoms with E-state index in [0.29, 0.717) is 5.95 Å². The van der Waals surface area contributed by atoms with Crippen molar-refractivity contribution in [3.63, 3.8) is 0 Å². The maximum atomic E-state index is 4.40. The molecule has 1 aromatic rings. The molecule has 0 radical (unpaired) electrons. The van der Waals surface area contributed by atoms with Gasteiger partial charge in [-0.3, -0.25) is 0 Å². The Balaban J connectivity index is 3.11. The van der Waals surface area contributed by atoms with E-state index in [-0.39, 0.29) is 0 Å². The summed E-state index contributed by atoms with van der Waals surface area (Å²) in [6, 6.07) is 1.94. The predicted molar refractivity (Wildman–Crippen MR) is 72.2 cm³/mol. The lowest BCUT2D eigenvalue weighted by atomic mass is 10.3. The van der Waals surface area contributed by atoms with Crippen molar-refractivity contribution in [1.29, 1.82) is 0 Å². The van der Waals surface area contributed by atoms with Gasteiger partial charge in [-0.1, -0.05) is 20.4 Å². The molecule has 1 aromatic heterocycles. The van der Waals surface area contributed by atoms with Gasteiger partial charge in [-0.15, -0.1) is 0 Å². The standard InChI is InChI=1S/C13H20N4/c1-6-8-14-17(12(5)7-2)13-15-10(3)9-11(4)16-13/h8-9H,5-7H2,1-4H3/b14-8+. The molecule has 1 heterocycles. The Morgan fingerprint density at radius 1 is 1.35 bits per heavy atom. The first-order valence-electron chi connectivity index (χ1n) is 5.91. The molecule has 0 bridgehead atoms. The van der Waals surface area contributed by atoms with Crippen LogP contribution in [0.4, 0.5) is 5.95 Å². The molecule has 0 unspecified atom stereocenters. The van der Waals surface area contributed by atoms with E-state index in [4.69, 9.17) is 0 Å². The summed E-state index contributed by atoms with van der Waals surface area (Å²) in [7, 11) is 0. The normalized spacial score (nSPS) is 10.8. The zero-order valence-corrected chi connectivity index (χ0v) is 11.1. The van der Waals surface area contributed by atoms with Crippen LogP contribution in [0.2, 0.25) is 0 Å². The van der Waals surface area contributed by atoms with Crippen molar-refractivity contribution in [2.24, 2.45) is 5.10 Å². The summed E-state index contributed by atoms with van der Waals surface area (Å²) in [6.45, 7) is 12.0. The summed E-state index contributed by atoms with van der Waals surface area (Å²) in [5.41, 5.74) is 2.76. The first kappa shape index (κ1) is 13.4. The smallest absolute Gasteiger partial charge is 0.216 e. The molecule has 0 N–H and O–H groups in total. The van der Waals surface area contributed by atoms with E-state index in [1.807, 2.05) is 40.0 Å². The number of hydrazone groups is 1. The maximum Gasteiger partial charge on any atom is 0.251 e. The Hall–Kier alpha value is -1.71. The molecule has 4 heteroatoms. The van der Waals surface area contributed by atoms with E-state index in [0.717, 1.165) is 29.9 Å². The van der Waals surface area contributed by atoms with Crippen LogP contribution in [0.3, 0.4) is 0 Å². The number of allylic oxidation sites excluding steroid dienone is 1. The largest absolute Gasteiger partial charge is 0.251 e. The molecule has 92 valence electrons. The van der Waals surface area contributed by atoms with Crippen LogP contribution in [-0.4, -0.2) is 16.2 Å². The van der Waals surface area contributed by atoms with Gasteiger partial charge in [-0.05, 0) is 32.8 Å². The van der Waals surface area contributed by atoms with Crippen molar-refractivity contribution in [1.82, 2.24) is 9.97 Å². The van der Waals surface area contributed by atoms with E-state index in [1.54, 1.807) is 5.01 Å². The average molecular weight is 232 g/mol. The summed E-state index contributed by atoms with van der Waals surface area (Å²) < 4.78 is 0. The van der Waals surface area contributed by atoms with E-state index in [2.05, 4.69) is 21.6 Å². The quantitative estimate of drug-likeness (QED) is 0.578. The van der Waals surface area contributed by atoms with Gasteiger partial charge in [-0.25, -0.2) is 15.0 Å². The Bertz CT molecular complexity index is 403. The fourth-order valence-electron chi connectivity index (χ4n) is 1.39. The third-order valence-corrected chi connectivity index (χ3v) is 2.25. The van der Waals surface area contributed by atoms with Gasteiger partial charge in [0.05, 0.1) is 0 Å². The third-order valence-electron chi connectivity index (χ3n) is 2.25. The Kier molecular flexibility index (Phi) is 4.82. The Morgan fingerprint density at radius 2 is 1.94 bits per heavy atom. The SMILES string of the molecule is C=C(CC)N(/N=C/CC)c1nc(C)cc(C)n1. The van der Waals surface area contributed by atoms with Gasteiger partial charge >= 0.3 is 0 Å². The molecule has 0 fully saturated rings. The first-order chi connectivity index (χ1) is 8.08. The molecule has 0 saturated carbocycles. The highest BCUT2D eigenvalue weighted by atomic mass is 15.5. The Labute approximate surface area is 103 Å². The monoisotopic (exact) mass is 232 g/mol. The van der Waals surface area contributed by atoms with Crippen LogP contribution in [0.5, 0.6) is 0 Å². The molecule has 1 rings (SSSR count). The number of aromatic nitrogens is 2. The van der Waals surface area contributed by atoms with Gasteiger partial charge in [0.1, 0.15) is 0 Å². The molecule has 0 aliphatic carbocycles. The Morgan fingerprint density at radius 3 is 2.41 bits per heavy atom. The van der Waals surface area contributed by atoms with Crippen molar-refractivity contribution in [2.45, 2.75) is 40.5 Å². The highest BCUT2D eigenvalue weighted by Crippen LogP contribution is 2.17. The molecule has 4 nitrogen and oxygen atoms in total. The lowest BCUT2D eigenvalue weighted by molar-refractivity contribution is 0.861. The molecule has 0 aliphatic heterocycles. The van der Waals surface area contributed by atoms with Crippen molar-refractivity contribution >= 4 is 12.2 Å². The zero-order valence-electron chi connectivity index (χ0n) is 11.1. The lowest BCUT2D eigenvalue weighted by Gasteiger charge is -2.18. The second kappa shape index (κ2) is 6.13. The molecular formula is C13H20N4. The van der Waals surface area contributed by atoms with Crippen LogP contribution in [0.1, 0.15) is 38.1 Å². The van der Waals surface area contributed by atoms with Crippen LogP contribution in [0, 0.1) is 13.8 Å². The summed E-state index contributed by atoms with van der Waals surface area (Å²) in [5.74, 6) is 0.596. The molecule has 0 aromatic carbocycles. The molecule has 0 amide bonds. The lowest BCUT2D eigenvalue weighted by Crippen LogP contribution is -2.18. The van der Waals surface area contributed by atoms with Crippen molar-refractivity contribution in [2.75, 3.05) is 5.01 Å².